The molecule has 0 bridgehead atoms. The molecule has 1 fully saturated rings. The molecule has 0 spiro atoms. The van der Waals surface area contributed by atoms with E-state index < -0.39 is 36.4 Å². The van der Waals surface area contributed by atoms with Gasteiger partial charge >= 0.3 is 17.9 Å². The number of nitrogens with one attached hydrogen (secondary N) is 1. The monoisotopic (exact) mass is 636 g/mol. The fourth-order valence-corrected chi connectivity index (χ4v) is 5.88. The van der Waals surface area contributed by atoms with Crippen molar-refractivity contribution in [3.05, 3.63) is 90.0 Å². The standard InChI is InChI=1S/C28H36N4O.C6H8O7/c1-27(2)17-25(18-28(3,4)31-27)32(20-23-12-7-9-15-29-23)19-22-11-5-6-14-26(22)33-21-24-13-8-10-16-30-24;7-3(8)1-6(13,5(11)12)2-4(9)10/h5-16,25,31H,17-21H2,1-4H3;13H,1-2H2,(H,7,8)(H,9,10)(H,11,12). The van der Waals surface area contributed by atoms with Gasteiger partial charge in [0.15, 0.2) is 5.60 Å². The number of benzene rings is 1. The minimum absolute atomic E-state index is 0.0732. The third kappa shape index (κ3) is 11.5. The van der Waals surface area contributed by atoms with Crippen LogP contribution in [-0.2, 0) is 34.1 Å². The Morgan fingerprint density at radius 2 is 1.35 bits per heavy atom. The zero-order chi connectivity index (χ0) is 34.0. The van der Waals surface area contributed by atoms with Crippen LogP contribution >= 0.6 is 0 Å². The number of para-hydroxylation sites is 1. The molecule has 1 saturated heterocycles. The zero-order valence-corrected chi connectivity index (χ0v) is 26.7. The Labute approximate surface area is 269 Å². The summed E-state index contributed by atoms with van der Waals surface area (Å²) in [7, 11) is 0. The number of piperidine rings is 1. The molecular weight excluding hydrogens is 592 g/mol. The molecule has 12 nitrogen and oxygen atoms in total. The largest absolute Gasteiger partial charge is 0.487 e. The third-order valence-electron chi connectivity index (χ3n) is 7.51. The zero-order valence-electron chi connectivity index (χ0n) is 26.7. The number of hydrogen-bond donors (Lipinski definition) is 5. The van der Waals surface area contributed by atoms with Crippen LogP contribution < -0.4 is 10.1 Å². The number of aliphatic carboxylic acids is 3. The minimum Gasteiger partial charge on any atom is -0.487 e. The summed E-state index contributed by atoms with van der Waals surface area (Å²) >= 11 is 0. The second kappa shape index (κ2) is 15.7. The first-order chi connectivity index (χ1) is 21.6. The molecule has 1 aromatic carbocycles. The number of aromatic nitrogens is 2. The van der Waals surface area contributed by atoms with Gasteiger partial charge in [-0.2, -0.15) is 0 Å². The number of carboxylic acids is 3. The van der Waals surface area contributed by atoms with Gasteiger partial charge in [0, 0.05) is 48.2 Å². The lowest BCUT2D eigenvalue weighted by Crippen LogP contribution is -2.62. The average Bonchev–Trinajstić information content (AvgIpc) is 2.95. The molecule has 0 aliphatic carbocycles. The molecule has 0 saturated carbocycles. The van der Waals surface area contributed by atoms with Crippen LogP contribution in [0.3, 0.4) is 0 Å². The van der Waals surface area contributed by atoms with E-state index in [9.17, 15) is 14.4 Å². The Bertz CT molecular complexity index is 1420. The van der Waals surface area contributed by atoms with Gasteiger partial charge in [-0.1, -0.05) is 30.3 Å². The predicted octanol–water partition coefficient (Wildman–Crippen LogP) is 4.12. The van der Waals surface area contributed by atoms with E-state index in [1.807, 2.05) is 36.5 Å². The summed E-state index contributed by atoms with van der Waals surface area (Å²) in [6, 6.07) is 20.9. The van der Waals surface area contributed by atoms with Gasteiger partial charge < -0.3 is 30.5 Å². The van der Waals surface area contributed by atoms with Gasteiger partial charge in [0.25, 0.3) is 0 Å². The van der Waals surface area contributed by atoms with Gasteiger partial charge in [-0.25, -0.2) is 4.79 Å². The molecule has 2 aromatic heterocycles. The van der Waals surface area contributed by atoms with E-state index in [1.165, 1.54) is 5.56 Å². The van der Waals surface area contributed by atoms with E-state index in [2.05, 4.69) is 78.2 Å². The second-order valence-electron chi connectivity index (χ2n) is 12.9. The van der Waals surface area contributed by atoms with Crippen LogP contribution in [-0.4, -0.2) is 75.9 Å². The topological polar surface area (TPSA) is 182 Å². The van der Waals surface area contributed by atoms with E-state index in [4.69, 9.17) is 25.2 Å². The van der Waals surface area contributed by atoms with Gasteiger partial charge in [0.2, 0.25) is 0 Å². The van der Waals surface area contributed by atoms with E-state index in [0.29, 0.717) is 12.6 Å². The van der Waals surface area contributed by atoms with Crippen molar-refractivity contribution in [2.45, 2.75) is 95.8 Å². The number of hydrogen-bond acceptors (Lipinski definition) is 9. The second-order valence-corrected chi connectivity index (χ2v) is 12.9. The molecule has 12 heteroatoms. The lowest BCUT2D eigenvalue weighted by Gasteiger charge is -2.49. The molecule has 3 aromatic rings. The highest BCUT2D eigenvalue weighted by Gasteiger charge is 2.41. The normalized spacial score (nSPS) is 15.8. The van der Waals surface area contributed by atoms with Gasteiger partial charge in [-0.05, 0) is 70.9 Å². The summed E-state index contributed by atoms with van der Waals surface area (Å²) in [5.74, 6) is -4.10. The van der Waals surface area contributed by atoms with Gasteiger partial charge in [0.1, 0.15) is 12.4 Å². The Kier molecular flexibility index (Phi) is 12.4. The van der Waals surface area contributed by atoms with Crippen LogP contribution in [0.5, 0.6) is 5.75 Å². The third-order valence-corrected chi connectivity index (χ3v) is 7.51. The highest BCUT2D eigenvalue weighted by molar-refractivity contribution is 5.88. The summed E-state index contributed by atoms with van der Waals surface area (Å²) in [5.41, 5.74) is 0.627. The maximum Gasteiger partial charge on any atom is 0.336 e. The predicted molar refractivity (Wildman–Crippen MR) is 170 cm³/mol. The molecule has 1 aliphatic heterocycles. The Balaban J connectivity index is 0.000000376. The smallest absolute Gasteiger partial charge is 0.336 e. The number of rotatable bonds is 13. The average molecular weight is 637 g/mol. The van der Waals surface area contributed by atoms with Crippen molar-refractivity contribution in [3.8, 4) is 5.75 Å². The summed E-state index contributed by atoms with van der Waals surface area (Å²) in [5, 5.41) is 37.6. The minimum atomic E-state index is -2.74. The first-order valence-corrected chi connectivity index (χ1v) is 15.0. The number of ether oxygens (including phenoxy) is 1. The Hall–Kier alpha value is -4.39. The van der Waals surface area contributed by atoms with E-state index in [-0.39, 0.29) is 11.1 Å². The van der Waals surface area contributed by atoms with Crippen LogP contribution in [0.1, 0.15) is 70.3 Å². The first-order valence-electron chi connectivity index (χ1n) is 15.0. The lowest BCUT2D eigenvalue weighted by atomic mass is 9.79. The molecule has 0 unspecified atom stereocenters. The first kappa shape index (κ1) is 36.1. The Morgan fingerprint density at radius 1 is 0.826 bits per heavy atom. The lowest BCUT2D eigenvalue weighted by molar-refractivity contribution is -0.170. The van der Waals surface area contributed by atoms with E-state index >= 15 is 0 Å². The number of nitrogens with zero attached hydrogens (tertiary/aromatic N) is 3. The van der Waals surface area contributed by atoms with Crippen LogP contribution in [0.15, 0.2) is 73.1 Å². The van der Waals surface area contributed by atoms with Crippen molar-refractivity contribution in [1.29, 1.82) is 0 Å². The van der Waals surface area contributed by atoms with Crippen LogP contribution in [0.4, 0.5) is 0 Å². The molecule has 0 amide bonds. The maximum absolute atomic E-state index is 10.3. The van der Waals surface area contributed by atoms with Crippen molar-refractivity contribution in [2.75, 3.05) is 0 Å². The quantitative estimate of drug-likeness (QED) is 0.181. The Morgan fingerprint density at radius 3 is 1.85 bits per heavy atom. The summed E-state index contributed by atoms with van der Waals surface area (Å²) < 4.78 is 6.23. The highest BCUT2D eigenvalue weighted by atomic mass is 16.5. The fraction of sp³-hybridized carbons (Fsp3) is 0.441. The molecular formula is C34H44N4O8. The SMILES string of the molecule is CC1(C)CC(N(Cc2ccccn2)Cc2ccccc2OCc2ccccn2)CC(C)(C)N1.O=C(O)CC(O)(CC(=O)O)C(=O)O. The molecule has 1 aliphatic rings. The molecule has 248 valence electrons. The van der Waals surface area contributed by atoms with Gasteiger partial charge in [-0.15, -0.1) is 0 Å². The van der Waals surface area contributed by atoms with Crippen LogP contribution in [0.2, 0.25) is 0 Å². The highest BCUT2D eigenvalue weighted by Crippen LogP contribution is 2.34. The van der Waals surface area contributed by atoms with Crippen LogP contribution in [0, 0.1) is 0 Å². The van der Waals surface area contributed by atoms with E-state index in [1.54, 1.807) is 6.20 Å². The molecule has 0 atom stereocenters. The number of carboxylic acid groups (broad SMARTS) is 3. The summed E-state index contributed by atoms with van der Waals surface area (Å²) in [6.45, 7) is 11.3. The maximum atomic E-state index is 10.3. The number of pyridine rings is 2. The van der Waals surface area contributed by atoms with Crippen molar-refractivity contribution in [1.82, 2.24) is 20.2 Å². The number of carbonyl (C=O) groups is 3. The van der Waals surface area contributed by atoms with Crippen molar-refractivity contribution in [2.24, 2.45) is 0 Å². The van der Waals surface area contributed by atoms with Crippen molar-refractivity contribution in [3.63, 3.8) is 0 Å². The van der Waals surface area contributed by atoms with Gasteiger partial charge in [0.05, 0.1) is 24.2 Å². The van der Waals surface area contributed by atoms with Crippen molar-refractivity contribution < 1.29 is 39.5 Å². The summed E-state index contributed by atoms with van der Waals surface area (Å²) in [4.78, 5) is 42.1. The summed E-state index contributed by atoms with van der Waals surface area (Å²) in [6.07, 6.45) is 3.57. The fourth-order valence-electron chi connectivity index (χ4n) is 5.88. The molecule has 46 heavy (non-hydrogen) atoms. The molecule has 4 rings (SSSR count). The molecule has 3 heterocycles. The van der Waals surface area contributed by atoms with Crippen molar-refractivity contribution >= 4 is 17.9 Å². The van der Waals surface area contributed by atoms with Crippen LogP contribution in [0.25, 0.3) is 0 Å². The van der Waals surface area contributed by atoms with Gasteiger partial charge in [-0.3, -0.25) is 24.5 Å². The molecule has 0 radical (unpaired) electrons. The molecule has 5 N–H and O–H groups in total. The van der Waals surface area contributed by atoms with E-state index in [0.717, 1.165) is 43.1 Å². The number of aliphatic hydroxyl groups is 1.